The largest absolute Gasteiger partial charge is 0.496 e. The number of rotatable bonds is 9. The van der Waals surface area contributed by atoms with E-state index in [4.69, 9.17) is 9.47 Å². The Morgan fingerprint density at radius 1 is 0.352 bits per heavy atom. The van der Waals surface area contributed by atoms with Gasteiger partial charge in [-0.3, -0.25) is 0 Å². The summed E-state index contributed by atoms with van der Waals surface area (Å²) in [7, 11) is -2.92. The third kappa shape index (κ3) is 7.00. The van der Waals surface area contributed by atoms with Gasteiger partial charge in [-0.1, -0.05) is 24.3 Å². The second-order valence-corrected chi connectivity index (χ2v) is 15.6. The maximum atomic E-state index is 14.8. The molecule has 16 heteroatoms. The Kier molecular flexibility index (Phi) is 11.0. The van der Waals surface area contributed by atoms with Gasteiger partial charge in [0.2, 0.25) is 0 Å². The molecule has 0 saturated carbocycles. The topological polar surface area (TPSA) is 18.5 Å². The molecule has 0 aliphatic heterocycles. The fourth-order valence-corrected chi connectivity index (χ4v) is 10.8. The van der Waals surface area contributed by atoms with Crippen molar-refractivity contribution in [2.24, 2.45) is 0 Å². The van der Waals surface area contributed by atoms with Crippen LogP contribution in [0.2, 0.25) is 0 Å². The lowest BCUT2D eigenvalue weighted by molar-refractivity contribution is 0.411. The molecule has 0 heterocycles. The Bertz CT molecular complexity index is 2070. The maximum absolute atomic E-state index is 14.8. The van der Waals surface area contributed by atoms with Crippen molar-refractivity contribution in [3.8, 4) is 22.6 Å². The summed E-state index contributed by atoms with van der Waals surface area (Å²) in [6.45, 7) is 0. The van der Waals surface area contributed by atoms with Gasteiger partial charge in [-0.05, 0) is 108 Å². The molecule has 278 valence electrons. The van der Waals surface area contributed by atoms with E-state index in [0.717, 1.165) is 0 Å². The fraction of sp³-hybridized carbons (Fsp3) is 0.0526. The van der Waals surface area contributed by atoms with Gasteiger partial charge in [0, 0.05) is 11.1 Å². The van der Waals surface area contributed by atoms with Crippen molar-refractivity contribution < 1.29 is 62.2 Å². The van der Waals surface area contributed by atoms with Gasteiger partial charge < -0.3 is 9.47 Å². The zero-order valence-electron chi connectivity index (χ0n) is 27.3. The number of halogens is 12. The van der Waals surface area contributed by atoms with E-state index in [1.807, 2.05) is 0 Å². The summed E-state index contributed by atoms with van der Waals surface area (Å²) in [6.07, 6.45) is 0. The molecule has 0 radical (unpaired) electrons. The molecule has 6 aromatic carbocycles. The Morgan fingerprint density at radius 2 is 0.574 bits per heavy atom. The molecule has 0 aliphatic rings. The summed E-state index contributed by atoms with van der Waals surface area (Å²) in [5.74, 6) is -21.1. The average molecular weight is 799 g/mol. The molecule has 2 nitrogen and oxygen atoms in total. The molecular formula is C38H20F12O2P2. The Balaban J connectivity index is 1.77. The lowest BCUT2D eigenvalue weighted by Gasteiger charge is -2.28. The van der Waals surface area contributed by atoms with E-state index < -0.39 is 85.6 Å². The smallest absolute Gasteiger partial charge is 0.194 e. The molecule has 0 N–H and O–H groups in total. The normalized spacial score (nSPS) is 11.5. The van der Waals surface area contributed by atoms with Crippen LogP contribution in [0.1, 0.15) is 0 Å². The molecule has 0 aliphatic carbocycles. The molecule has 0 unspecified atom stereocenters. The molecule has 0 bridgehead atoms. The van der Waals surface area contributed by atoms with Gasteiger partial charge in [0.25, 0.3) is 0 Å². The summed E-state index contributed by atoms with van der Waals surface area (Å²) >= 11 is 0. The van der Waals surface area contributed by atoms with Gasteiger partial charge in [-0.2, -0.15) is 0 Å². The van der Waals surface area contributed by atoms with Crippen LogP contribution >= 0.6 is 15.8 Å². The van der Waals surface area contributed by atoms with Gasteiger partial charge >= 0.3 is 0 Å². The van der Waals surface area contributed by atoms with E-state index in [-0.39, 0.29) is 54.5 Å². The van der Waals surface area contributed by atoms with Crippen molar-refractivity contribution in [2.75, 3.05) is 14.2 Å². The zero-order chi connectivity index (χ0) is 39.2. The van der Waals surface area contributed by atoms with Gasteiger partial charge in [-0.15, -0.1) is 0 Å². The van der Waals surface area contributed by atoms with Crippen molar-refractivity contribution in [1.82, 2.24) is 0 Å². The second-order valence-electron chi connectivity index (χ2n) is 11.3. The summed E-state index contributed by atoms with van der Waals surface area (Å²) in [4.78, 5) is 0. The van der Waals surface area contributed by atoms with Crippen LogP contribution in [0, 0.1) is 69.8 Å². The molecule has 0 fully saturated rings. The number of ether oxygens (including phenoxy) is 2. The minimum atomic E-state index is -2.65. The Labute approximate surface area is 301 Å². The molecular weight excluding hydrogens is 778 g/mol. The van der Waals surface area contributed by atoms with Crippen LogP contribution in [-0.2, 0) is 0 Å². The van der Waals surface area contributed by atoms with E-state index in [0.29, 0.717) is 48.5 Å². The predicted molar refractivity (Wildman–Crippen MR) is 182 cm³/mol. The fourth-order valence-electron chi connectivity index (χ4n) is 5.79. The van der Waals surface area contributed by atoms with Crippen molar-refractivity contribution in [2.45, 2.75) is 0 Å². The first kappa shape index (κ1) is 38.7. The average Bonchev–Trinajstić information content (AvgIpc) is 3.14. The molecule has 0 amide bonds. The lowest BCUT2D eigenvalue weighted by Crippen LogP contribution is -2.28. The molecule has 0 spiro atoms. The number of hydrogen-bond acceptors (Lipinski definition) is 2. The van der Waals surface area contributed by atoms with Crippen LogP contribution < -0.4 is 41.3 Å². The molecule has 0 atom stereocenters. The summed E-state index contributed by atoms with van der Waals surface area (Å²) in [5, 5.41) is -1.66. The standard InChI is InChI=1S/C38H20F12O2P2/c1-51-29-5-3-7-31(53(17-9-21(39)35(47)22(40)10-17)18-11-23(41)36(48)24(42)12-18)33(29)34-30(52-2)6-4-8-32(34)54(19-13-25(43)37(49)26(44)14-19)20-15-27(45)38(50)28(46)16-20/h3-16H,1-2H3. The second kappa shape index (κ2) is 15.4. The van der Waals surface area contributed by atoms with E-state index in [1.54, 1.807) is 0 Å². The van der Waals surface area contributed by atoms with Crippen molar-refractivity contribution >= 4 is 47.7 Å². The number of hydrogen-bond donors (Lipinski definition) is 0. The van der Waals surface area contributed by atoms with Crippen LogP contribution in [0.3, 0.4) is 0 Å². The highest BCUT2D eigenvalue weighted by Crippen LogP contribution is 2.47. The van der Waals surface area contributed by atoms with Gasteiger partial charge in [-0.25, -0.2) is 52.7 Å². The monoisotopic (exact) mass is 798 g/mol. The van der Waals surface area contributed by atoms with E-state index in [1.165, 1.54) is 50.6 Å². The summed E-state index contributed by atoms with van der Waals surface area (Å²) < 4.78 is 187. The molecule has 54 heavy (non-hydrogen) atoms. The Hall–Kier alpha value is -5.06. The number of methoxy groups -OCH3 is 2. The van der Waals surface area contributed by atoms with Crippen LogP contribution in [0.5, 0.6) is 11.5 Å². The van der Waals surface area contributed by atoms with Crippen LogP contribution in [-0.4, -0.2) is 14.2 Å². The van der Waals surface area contributed by atoms with Gasteiger partial charge in [0.15, 0.2) is 69.8 Å². The van der Waals surface area contributed by atoms with E-state index in [2.05, 4.69) is 0 Å². The quantitative estimate of drug-likeness (QED) is 0.0830. The highest BCUT2D eigenvalue weighted by Gasteiger charge is 2.33. The molecule has 6 rings (SSSR count). The van der Waals surface area contributed by atoms with E-state index >= 15 is 0 Å². The summed E-state index contributed by atoms with van der Waals surface area (Å²) in [6, 6.07) is 12.7. The minimum Gasteiger partial charge on any atom is -0.496 e. The highest BCUT2D eigenvalue weighted by molar-refractivity contribution is 7.80. The molecule has 0 aromatic heterocycles. The minimum absolute atomic E-state index is 0.0613. The molecule has 0 saturated heterocycles. The number of benzene rings is 6. The zero-order valence-corrected chi connectivity index (χ0v) is 29.1. The first-order chi connectivity index (χ1) is 25.7. The predicted octanol–water partition coefficient (Wildman–Crippen LogP) is 8.56. The van der Waals surface area contributed by atoms with Gasteiger partial charge in [0.1, 0.15) is 11.5 Å². The Morgan fingerprint density at radius 3 is 0.778 bits per heavy atom. The van der Waals surface area contributed by atoms with Crippen LogP contribution in [0.15, 0.2) is 84.9 Å². The summed E-state index contributed by atoms with van der Waals surface area (Å²) in [5.41, 5.74) is -0.181. The van der Waals surface area contributed by atoms with Crippen molar-refractivity contribution in [3.05, 3.63) is 155 Å². The van der Waals surface area contributed by atoms with Crippen molar-refractivity contribution in [1.29, 1.82) is 0 Å². The van der Waals surface area contributed by atoms with E-state index in [9.17, 15) is 52.7 Å². The highest BCUT2D eigenvalue weighted by atomic mass is 31.1. The first-order valence-corrected chi connectivity index (χ1v) is 17.9. The maximum Gasteiger partial charge on any atom is 0.194 e. The first-order valence-electron chi connectivity index (χ1n) is 15.2. The third-order valence-electron chi connectivity index (χ3n) is 8.09. The van der Waals surface area contributed by atoms with Gasteiger partial charge in [0.05, 0.1) is 14.2 Å². The third-order valence-corrected chi connectivity index (χ3v) is 12.9. The van der Waals surface area contributed by atoms with Crippen molar-refractivity contribution in [3.63, 3.8) is 0 Å². The van der Waals surface area contributed by atoms with Crippen LogP contribution in [0.4, 0.5) is 52.7 Å². The molecule has 6 aromatic rings. The SMILES string of the molecule is COc1cccc(P(c2cc(F)c(F)c(F)c2)c2cc(F)c(F)c(F)c2)c1-c1c(OC)cccc1P(c1cc(F)c(F)c(F)c1)c1cc(F)c(F)c(F)c1. The van der Waals surface area contributed by atoms with Crippen LogP contribution in [0.25, 0.3) is 11.1 Å². The lowest BCUT2D eigenvalue weighted by atomic mass is 10.0.